The topological polar surface area (TPSA) is 141 Å². The minimum Gasteiger partial charge on any atom is -0.475 e. The average Bonchev–Trinajstić information content (AvgIpc) is 3.60. The molecule has 0 aliphatic carbocycles. The van der Waals surface area contributed by atoms with Crippen LogP contribution in [-0.2, 0) is 14.2 Å². The number of aromatic nitrogens is 4. The van der Waals surface area contributed by atoms with Gasteiger partial charge >= 0.3 is 5.97 Å². The number of imidazole rings is 1. The average molecular weight is 532 g/mol. The maximum absolute atomic E-state index is 12.0. The number of hydrogen-bond acceptors (Lipinski definition) is 9. The zero-order valence-corrected chi connectivity index (χ0v) is 21.5. The fourth-order valence-electron chi connectivity index (χ4n) is 5.35. The van der Waals surface area contributed by atoms with Crippen molar-refractivity contribution in [3.8, 4) is 0 Å². The maximum atomic E-state index is 12.0. The summed E-state index contributed by atoms with van der Waals surface area (Å²) in [5.74, 6) is -2.23. The van der Waals surface area contributed by atoms with Crippen LogP contribution in [0.1, 0.15) is 47.7 Å². The highest BCUT2D eigenvalue weighted by atomic mass is 16.8. The molecule has 39 heavy (non-hydrogen) atoms. The molecule has 0 radical (unpaired) electrons. The van der Waals surface area contributed by atoms with Gasteiger partial charge in [-0.3, -0.25) is 4.57 Å². The Hall–Kier alpha value is -3.90. The molecule has 2 aromatic heterocycles. The van der Waals surface area contributed by atoms with E-state index in [1.807, 2.05) is 36.4 Å². The lowest BCUT2D eigenvalue weighted by molar-refractivity contribution is -0.199. The number of nitrogens with one attached hydrogen (secondary N) is 1. The van der Waals surface area contributed by atoms with Crippen LogP contribution in [-0.4, -0.2) is 73.0 Å². The Morgan fingerprint density at radius 1 is 1.03 bits per heavy atom. The number of carboxylic acid groups (broad SMARTS) is 1. The molecule has 202 valence electrons. The summed E-state index contributed by atoms with van der Waals surface area (Å²) < 4.78 is 19.8. The van der Waals surface area contributed by atoms with Crippen molar-refractivity contribution in [1.82, 2.24) is 19.5 Å². The number of carbonyl (C=O) groups is 1. The van der Waals surface area contributed by atoms with E-state index < -0.39 is 36.3 Å². The van der Waals surface area contributed by atoms with Crippen LogP contribution >= 0.6 is 0 Å². The van der Waals surface area contributed by atoms with E-state index in [0.717, 1.165) is 11.1 Å². The van der Waals surface area contributed by atoms with E-state index in [1.54, 1.807) is 18.4 Å². The molecule has 6 rings (SSSR count). The van der Waals surface area contributed by atoms with Gasteiger partial charge in [-0.1, -0.05) is 60.7 Å². The molecule has 2 saturated heterocycles. The molecule has 0 saturated carbocycles. The van der Waals surface area contributed by atoms with Crippen LogP contribution in [0.2, 0.25) is 0 Å². The molecule has 4 atom stereocenters. The van der Waals surface area contributed by atoms with E-state index >= 15 is 0 Å². The van der Waals surface area contributed by atoms with Gasteiger partial charge in [0, 0.05) is 12.5 Å². The molecule has 0 spiro atoms. The molecule has 0 unspecified atom stereocenters. The van der Waals surface area contributed by atoms with Gasteiger partial charge in [-0.05, 0) is 25.0 Å². The summed E-state index contributed by atoms with van der Waals surface area (Å²) in [6, 6.07) is 20.1. The highest BCUT2D eigenvalue weighted by Crippen LogP contribution is 2.43. The summed E-state index contributed by atoms with van der Waals surface area (Å²) in [4.78, 5) is 25.1. The SMILES string of the molecule is CC1(C)O[C@H]2[C@H](O1)[C@@H](CO)O[C@H]2n1cnc2c(NCC(c3ccccc3)c3ccccc3)nc(C(=O)O)nc21. The van der Waals surface area contributed by atoms with E-state index in [2.05, 4.69) is 44.5 Å². The van der Waals surface area contributed by atoms with E-state index in [9.17, 15) is 15.0 Å². The summed E-state index contributed by atoms with van der Waals surface area (Å²) in [7, 11) is 0. The molecule has 4 heterocycles. The van der Waals surface area contributed by atoms with Gasteiger partial charge in [0.15, 0.2) is 29.0 Å². The largest absolute Gasteiger partial charge is 0.475 e. The van der Waals surface area contributed by atoms with Gasteiger partial charge < -0.3 is 29.7 Å². The third kappa shape index (κ3) is 4.74. The van der Waals surface area contributed by atoms with Crippen LogP contribution in [0.15, 0.2) is 67.0 Å². The van der Waals surface area contributed by atoms with Gasteiger partial charge in [-0.15, -0.1) is 0 Å². The Labute approximate surface area is 224 Å². The maximum Gasteiger partial charge on any atom is 0.374 e. The number of nitrogens with zero attached hydrogens (tertiary/aromatic N) is 4. The smallest absolute Gasteiger partial charge is 0.374 e. The van der Waals surface area contributed by atoms with Gasteiger partial charge in [0.2, 0.25) is 5.82 Å². The summed E-state index contributed by atoms with van der Waals surface area (Å²) in [5, 5.41) is 23.0. The van der Waals surface area contributed by atoms with E-state index in [0.29, 0.717) is 17.9 Å². The Kier molecular flexibility index (Phi) is 6.51. The number of hydrogen-bond donors (Lipinski definition) is 3. The zero-order chi connectivity index (χ0) is 27.1. The molecule has 2 fully saturated rings. The molecule has 2 aliphatic rings. The van der Waals surface area contributed by atoms with Crippen LogP contribution in [0.3, 0.4) is 0 Å². The number of fused-ring (bicyclic) bond motifs is 2. The van der Waals surface area contributed by atoms with Crippen molar-refractivity contribution < 1.29 is 29.2 Å². The van der Waals surface area contributed by atoms with Crippen molar-refractivity contribution in [2.75, 3.05) is 18.5 Å². The standard InChI is InChI=1S/C28H29N5O6/c1-28(2)38-21-19(14-34)37-26(22(21)39-28)33-15-30-20-23(31-24(27(35)36)32-25(20)33)29-13-18(16-9-5-3-6-10-16)17-11-7-4-8-12-17/h3-12,15,18-19,21-22,26,34H,13-14H2,1-2H3,(H,35,36)(H,29,31,32)/t19-,21-,22+,26-/m1/s1. The lowest BCUT2D eigenvalue weighted by atomic mass is 9.91. The first kappa shape index (κ1) is 25.4. The summed E-state index contributed by atoms with van der Waals surface area (Å²) in [6.07, 6.45) is -0.865. The number of anilines is 1. The van der Waals surface area contributed by atoms with Crippen molar-refractivity contribution in [2.45, 2.75) is 50.1 Å². The van der Waals surface area contributed by atoms with Crippen LogP contribution in [0.25, 0.3) is 11.2 Å². The molecule has 11 nitrogen and oxygen atoms in total. The number of carboxylic acids is 1. The second-order valence-corrected chi connectivity index (χ2v) is 10.1. The number of aliphatic hydroxyl groups excluding tert-OH is 1. The molecule has 2 aliphatic heterocycles. The summed E-state index contributed by atoms with van der Waals surface area (Å²) in [6.45, 7) is 3.78. The van der Waals surface area contributed by atoms with Crippen LogP contribution in [0.4, 0.5) is 5.82 Å². The lowest BCUT2D eigenvalue weighted by Gasteiger charge is -2.24. The predicted molar refractivity (Wildman–Crippen MR) is 140 cm³/mol. The van der Waals surface area contributed by atoms with Gasteiger partial charge in [0.05, 0.1) is 12.9 Å². The highest BCUT2D eigenvalue weighted by Gasteiger charge is 2.56. The minimum atomic E-state index is -1.27. The number of benzene rings is 2. The minimum absolute atomic E-state index is 0.0247. The first-order valence-corrected chi connectivity index (χ1v) is 12.8. The molecular formula is C28H29N5O6. The van der Waals surface area contributed by atoms with Crippen molar-refractivity contribution in [1.29, 1.82) is 0 Å². The van der Waals surface area contributed by atoms with Gasteiger partial charge in [0.1, 0.15) is 18.3 Å². The fraction of sp³-hybridized carbons (Fsp3) is 0.357. The number of aromatic carboxylic acids is 1. The van der Waals surface area contributed by atoms with Crippen LogP contribution in [0.5, 0.6) is 0 Å². The Morgan fingerprint density at radius 3 is 2.28 bits per heavy atom. The Balaban J connectivity index is 1.37. The highest BCUT2D eigenvalue weighted by molar-refractivity contribution is 5.90. The first-order chi connectivity index (χ1) is 18.8. The molecule has 11 heteroatoms. The van der Waals surface area contributed by atoms with E-state index in [4.69, 9.17) is 14.2 Å². The van der Waals surface area contributed by atoms with E-state index in [1.165, 1.54) is 6.33 Å². The summed E-state index contributed by atoms with van der Waals surface area (Å²) in [5.41, 5.74) is 2.88. The third-order valence-corrected chi connectivity index (χ3v) is 7.07. The van der Waals surface area contributed by atoms with Crippen LogP contribution in [0, 0.1) is 0 Å². The number of rotatable bonds is 8. The van der Waals surface area contributed by atoms with Gasteiger partial charge in [-0.25, -0.2) is 19.7 Å². The molecular weight excluding hydrogens is 502 g/mol. The normalized spacial score (nSPS) is 23.8. The monoisotopic (exact) mass is 531 g/mol. The zero-order valence-electron chi connectivity index (χ0n) is 21.5. The third-order valence-electron chi connectivity index (χ3n) is 7.07. The second kappa shape index (κ2) is 10.0. The van der Waals surface area contributed by atoms with Crippen molar-refractivity contribution in [3.05, 3.63) is 83.9 Å². The van der Waals surface area contributed by atoms with Crippen molar-refractivity contribution in [3.63, 3.8) is 0 Å². The Morgan fingerprint density at radius 2 is 1.67 bits per heavy atom. The number of ether oxygens (including phenoxy) is 3. The van der Waals surface area contributed by atoms with Gasteiger partial charge in [-0.2, -0.15) is 0 Å². The molecule has 4 aromatic rings. The molecule has 0 amide bonds. The van der Waals surface area contributed by atoms with Gasteiger partial charge in [0.25, 0.3) is 0 Å². The van der Waals surface area contributed by atoms with Crippen molar-refractivity contribution in [2.24, 2.45) is 0 Å². The lowest BCUT2D eigenvalue weighted by Crippen LogP contribution is -2.31. The molecule has 2 aromatic carbocycles. The molecule has 3 N–H and O–H groups in total. The quantitative estimate of drug-likeness (QED) is 0.310. The number of aliphatic hydroxyl groups is 1. The van der Waals surface area contributed by atoms with Crippen molar-refractivity contribution >= 4 is 23.0 Å². The summed E-state index contributed by atoms with van der Waals surface area (Å²) >= 11 is 0. The Bertz CT molecular complexity index is 1440. The fourth-order valence-corrected chi connectivity index (χ4v) is 5.35. The first-order valence-electron chi connectivity index (χ1n) is 12.8. The van der Waals surface area contributed by atoms with E-state index in [-0.39, 0.29) is 24.0 Å². The second-order valence-electron chi connectivity index (χ2n) is 10.1. The predicted octanol–water partition coefficient (Wildman–Crippen LogP) is 3.18. The van der Waals surface area contributed by atoms with Crippen LogP contribution < -0.4 is 5.32 Å². The molecule has 0 bridgehead atoms.